The molecule has 0 saturated carbocycles. The second kappa shape index (κ2) is 7.67. The normalized spacial score (nSPS) is 10.4. The number of amides is 2. The molecule has 0 radical (unpaired) electrons. The molecule has 3 rings (SSSR count). The fraction of sp³-hybridized carbons (Fsp3) is 0.118. The average molecular weight is 359 g/mol. The Labute approximate surface area is 148 Å². The van der Waals surface area contributed by atoms with Crippen LogP contribution in [-0.2, 0) is 6.54 Å². The zero-order valence-corrected chi connectivity index (χ0v) is 13.9. The number of nitrogens with zero attached hydrogens (tertiary/aromatic N) is 2. The highest BCUT2D eigenvalue weighted by molar-refractivity contribution is 6.30. The molecule has 0 aliphatic carbocycles. The first-order valence-electron chi connectivity index (χ1n) is 7.54. The summed E-state index contributed by atoms with van der Waals surface area (Å²) >= 11 is 5.79. The highest BCUT2D eigenvalue weighted by atomic mass is 35.5. The Kier molecular flexibility index (Phi) is 5.15. The Balaban J connectivity index is 1.56. The summed E-state index contributed by atoms with van der Waals surface area (Å²) in [4.78, 5) is 23.7. The van der Waals surface area contributed by atoms with Gasteiger partial charge < -0.3 is 15.1 Å². The Bertz CT molecular complexity index is 904. The van der Waals surface area contributed by atoms with Crippen molar-refractivity contribution in [2.75, 3.05) is 11.9 Å². The van der Waals surface area contributed by atoms with Gasteiger partial charge in [-0.25, -0.2) is 9.48 Å². The summed E-state index contributed by atoms with van der Waals surface area (Å²) in [6.07, 6.45) is 1.54. The predicted octanol–water partition coefficient (Wildman–Crippen LogP) is 2.98. The van der Waals surface area contributed by atoms with E-state index in [0.717, 1.165) is 0 Å². The summed E-state index contributed by atoms with van der Waals surface area (Å²) in [5.74, 6) is 0.571. The minimum absolute atomic E-state index is 0.238. The molecule has 2 aromatic heterocycles. The van der Waals surface area contributed by atoms with Crippen LogP contribution in [0.1, 0.15) is 0 Å². The fourth-order valence-electron chi connectivity index (χ4n) is 2.15. The maximum atomic E-state index is 11.9. The third-order valence-corrected chi connectivity index (χ3v) is 3.60. The van der Waals surface area contributed by atoms with Crippen molar-refractivity contribution in [2.24, 2.45) is 0 Å². The van der Waals surface area contributed by atoms with Crippen LogP contribution >= 0.6 is 11.6 Å². The Morgan fingerprint density at radius 1 is 1.16 bits per heavy atom. The summed E-state index contributed by atoms with van der Waals surface area (Å²) in [6, 6.07) is 12.9. The smallest absolute Gasteiger partial charge is 0.319 e. The Morgan fingerprint density at radius 2 is 1.96 bits per heavy atom. The van der Waals surface area contributed by atoms with Gasteiger partial charge in [-0.1, -0.05) is 11.6 Å². The number of rotatable bonds is 5. The third-order valence-electron chi connectivity index (χ3n) is 3.35. The van der Waals surface area contributed by atoms with Crippen LogP contribution in [0.15, 0.2) is 64.0 Å². The summed E-state index contributed by atoms with van der Waals surface area (Å²) < 4.78 is 6.54. The number of aromatic nitrogens is 2. The molecule has 0 spiro atoms. The summed E-state index contributed by atoms with van der Waals surface area (Å²) in [5, 5.41) is 10.2. The lowest BCUT2D eigenvalue weighted by Gasteiger charge is -2.09. The molecule has 128 valence electrons. The minimum atomic E-state index is -0.377. The highest BCUT2D eigenvalue weighted by Gasteiger charge is 2.06. The van der Waals surface area contributed by atoms with Gasteiger partial charge in [-0.2, -0.15) is 5.10 Å². The number of halogens is 1. The molecule has 0 aliphatic heterocycles. The van der Waals surface area contributed by atoms with Crippen LogP contribution in [0, 0.1) is 0 Å². The second-order valence-corrected chi connectivity index (χ2v) is 5.58. The van der Waals surface area contributed by atoms with Crippen molar-refractivity contribution in [2.45, 2.75) is 6.54 Å². The third kappa shape index (κ3) is 4.48. The maximum Gasteiger partial charge on any atom is 0.319 e. The van der Waals surface area contributed by atoms with E-state index >= 15 is 0 Å². The Hall–Kier alpha value is -3.06. The van der Waals surface area contributed by atoms with E-state index in [1.54, 1.807) is 42.5 Å². The molecule has 25 heavy (non-hydrogen) atoms. The van der Waals surface area contributed by atoms with Crippen molar-refractivity contribution < 1.29 is 9.21 Å². The van der Waals surface area contributed by atoms with Crippen LogP contribution in [0.4, 0.5) is 10.5 Å². The van der Waals surface area contributed by atoms with Gasteiger partial charge >= 0.3 is 6.03 Å². The van der Waals surface area contributed by atoms with E-state index in [1.807, 2.05) is 0 Å². The van der Waals surface area contributed by atoms with Crippen molar-refractivity contribution in [1.29, 1.82) is 0 Å². The number of hydrogen-bond donors (Lipinski definition) is 2. The molecule has 8 heteroatoms. The van der Waals surface area contributed by atoms with Gasteiger partial charge in [-0.05, 0) is 42.5 Å². The van der Waals surface area contributed by atoms with Gasteiger partial charge in [0, 0.05) is 23.3 Å². The van der Waals surface area contributed by atoms with Gasteiger partial charge in [0.2, 0.25) is 0 Å². The van der Waals surface area contributed by atoms with Gasteiger partial charge in [0.1, 0.15) is 5.69 Å². The number of urea groups is 1. The van der Waals surface area contributed by atoms with Crippen LogP contribution in [-0.4, -0.2) is 22.4 Å². The van der Waals surface area contributed by atoms with E-state index in [9.17, 15) is 9.59 Å². The molecule has 2 amide bonds. The van der Waals surface area contributed by atoms with E-state index in [0.29, 0.717) is 22.2 Å². The van der Waals surface area contributed by atoms with E-state index in [-0.39, 0.29) is 24.7 Å². The van der Waals surface area contributed by atoms with Crippen LogP contribution in [0.25, 0.3) is 11.5 Å². The van der Waals surface area contributed by atoms with Crippen LogP contribution in [0.3, 0.4) is 0 Å². The van der Waals surface area contributed by atoms with Gasteiger partial charge in [-0.15, -0.1) is 0 Å². The zero-order chi connectivity index (χ0) is 17.6. The van der Waals surface area contributed by atoms with Crippen molar-refractivity contribution in [3.8, 4) is 11.5 Å². The first-order valence-corrected chi connectivity index (χ1v) is 7.92. The molecule has 0 unspecified atom stereocenters. The predicted molar refractivity (Wildman–Crippen MR) is 94.7 cm³/mol. The van der Waals surface area contributed by atoms with Crippen molar-refractivity contribution in [1.82, 2.24) is 15.1 Å². The maximum absolute atomic E-state index is 11.9. The molecule has 1 aromatic carbocycles. The van der Waals surface area contributed by atoms with Gasteiger partial charge in [0.25, 0.3) is 5.56 Å². The molecular formula is C17H15ClN4O3. The van der Waals surface area contributed by atoms with E-state index < -0.39 is 0 Å². The lowest BCUT2D eigenvalue weighted by atomic mass is 10.3. The van der Waals surface area contributed by atoms with Gasteiger partial charge in [-0.3, -0.25) is 4.79 Å². The monoisotopic (exact) mass is 358 g/mol. The number of anilines is 1. The first-order chi connectivity index (χ1) is 12.1. The molecular weight excluding hydrogens is 344 g/mol. The molecule has 2 N–H and O–H groups in total. The largest absolute Gasteiger partial charge is 0.463 e. The number of furan rings is 1. The molecule has 0 saturated heterocycles. The number of nitrogens with one attached hydrogen (secondary N) is 2. The van der Waals surface area contributed by atoms with Crippen LogP contribution in [0.5, 0.6) is 0 Å². The van der Waals surface area contributed by atoms with Gasteiger partial charge in [0.15, 0.2) is 5.76 Å². The number of carbonyl (C=O) groups excluding carboxylic acids is 1. The quantitative estimate of drug-likeness (QED) is 0.733. The Morgan fingerprint density at radius 3 is 2.68 bits per heavy atom. The number of carbonyl (C=O) groups is 1. The molecule has 2 heterocycles. The summed E-state index contributed by atoms with van der Waals surface area (Å²) in [6.45, 7) is 0.482. The minimum Gasteiger partial charge on any atom is -0.463 e. The van der Waals surface area contributed by atoms with Crippen molar-refractivity contribution in [3.05, 3.63) is 70.2 Å². The van der Waals surface area contributed by atoms with E-state index in [4.69, 9.17) is 16.0 Å². The average Bonchev–Trinajstić information content (AvgIpc) is 3.13. The first kappa shape index (κ1) is 16.8. The van der Waals surface area contributed by atoms with Crippen LogP contribution < -0.4 is 16.2 Å². The molecule has 0 atom stereocenters. The van der Waals surface area contributed by atoms with Gasteiger partial charge in [0.05, 0.1) is 12.8 Å². The fourth-order valence-corrected chi connectivity index (χ4v) is 2.27. The van der Waals surface area contributed by atoms with Crippen molar-refractivity contribution >= 4 is 23.3 Å². The lowest BCUT2D eigenvalue weighted by molar-refractivity contribution is 0.251. The van der Waals surface area contributed by atoms with Crippen molar-refractivity contribution in [3.63, 3.8) is 0 Å². The second-order valence-electron chi connectivity index (χ2n) is 5.15. The SMILES string of the molecule is O=C(NCCn1nc(-c2ccco2)ccc1=O)Nc1ccc(Cl)cc1. The van der Waals surface area contributed by atoms with E-state index in [2.05, 4.69) is 15.7 Å². The molecule has 0 bridgehead atoms. The topological polar surface area (TPSA) is 89.2 Å². The molecule has 0 aliphatic rings. The highest BCUT2D eigenvalue weighted by Crippen LogP contribution is 2.15. The molecule has 3 aromatic rings. The molecule has 0 fully saturated rings. The lowest BCUT2D eigenvalue weighted by Crippen LogP contribution is -2.34. The number of hydrogen-bond acceptors (Lipinski definition) is 4. The summed E-state index contributed by atoms with van der Waals surface area (Å²) in [7, 11) is 0. The summed E-state index contributed by atoms with van der Waals surface area (Å²) in [5.41, 5.74) is 0.919. The number of benzene rings is 1. The molecule has 7 nitrogen and oxygen atoms in total. The van der Waals surface area contributed by atoms with E-state index in [1.165, 1.54) is 17.0 Å². The zero-order valence-electron chi connectivity index (χ0n) is 13.1. The van der Waals surface area contributed by atoms with Crippen LogP contribution in [0.2, 0.25) is 5.02 Å². The standard InChI is InChI=1S/C17H15ClN4O3/c18-12-3-5-13(6-4-12)20-17(24)19-9-10-22-16(23)8-7-14(21-22)15-2-1-11-25-15/h1-8,11H,9-10H2,(H2,19,20,24).